The molecule has 2 rings (SSSR count). The summed E-state index contributed by atoms with van der Waals surface area (Å²) < 4.78 is 24.1. The molecule has 0 radical (unpaired) electrons. The van der Waals surface area contributed by atoms with Crippen LogP contribution in [0.2, 0.25) is 0 Å². The van der Waals surface area contributed by atoms with Gasteiger partial charge in [-0.1, -0.05) is 13.3 Å². The molecule has 2 aliphatic rings. The molecule has 5 atom stereocenters. The van der Waals surface area contributed by atoms with Gasteiger partial charge in [-0.3, -0.25) is 4.79 Å². The van der Waals surface area contributed by atoms with E-state index in [1.165, 1.54) is 0 Å². The van der Waals surface area contributed by atoms with Crippen molar-refractivity contribution in [2.75, 3.05) is 12.3 Å². The second kappa shape index (κ2) is 5.78. The van der Waals surface area contributed by atoms with E-state index in [2.05, 4.69) is 5.32 Å². The fourth-order valence-electron chi connectivity index (χ4n) is 3.54. The van der Waals surface area contributed by atoms with Crippen LogP contribution in [0.15, 0.2) is 0 Å². The minimum atomic E-state index is -3.50. The lowest BCUT2D eigenvalue weighted by Gasteiger charge is -2.29. The summed E-state index contributed by atoms with van der Waals surface area (Å²) in [6.07, 6.45) is 1.77. The third-order valence-electron chi connectivity index (χ3n) is 4.74. The average Bonchev–Trinajstić information content (AvgIpc) is 3.03. The highest BCUT2D eigenvalue weighted by Gasteiger charge is 2.75. The normalized spacial score (nSPS) is 36.4. The molecule has 9 heteroatoms. The largest absolute Gasteiger partial charge is 0.479 e. The Labute approximate surface area is 129 Å². The highest BCUT2D eigenvalue weighted by atomic mass is 32.2. The van der Waals surface area contributed by atoms with E-state index < -0.39 is 50.2 Å². The second-order valence-corrected chi connectivity index (χ2v) is 8.47. The number of nitrogens with one attached hydrogen (secondary N) is 1. The lowest BCUT2D eigenvalue weighted by atomic mass is 9.93. The molecule has 0 bridgehead atoms. The molecule has 22 heavy (non-hydrogen) atoms. The Kier molecular flexibility index (Phi) is 4.51. The van der Waals surface area contributed by atoms with Crippen molar-refractivity contribution in [3.8, 4) is 0 Å². The van der Waals surface area contributed by atoms with Crippen LogP contribution >= 0.6 is 0 Å². The Hall–Kier alpha value is -1.19. The number of aliphatic carboxylic acids is 1. The first-order valence-corrected chi connectivity index (χ1v) is 9.11. The number of unbranched alkanes of at least 4 members (excludes halogenated alkanes) is 1. The van der Waals surface area contributed by atoms with Crippen LogP contribution in [-0.2, 0) is 19.4 Å². The predicted octanol–water partition coefficient (Wildman–Crippen LogP) is -1.55. The maximum Gasteiger partial charge on any atom is 0.330 e. The van der Waals surface area contributed by atoms with Crippen LogP contribution in [0.1, 0.15) is 26.2 Å². The number of nitrogens with two attached hydrogens (primary N) is 2. The molecule has 0 aromatic carbocycles. The number of carboxylic acids is 1. The van der Waals surface area contributed by atoms with Crippen LogP contribution in [0, 0.1) is 11.8 Å². The molecule has 6 N–H and O–H groups in total. The van der Waals surface area contributed by atoms with E-state index in [4.69, 9.17) is 11.5 Å². The molecular weight excluding hydrogens is 310 g/mol. The number of hydrogen-bond donors (Lipinski definition) is 4. The summed E-state index contributed by atoms with van der Waals surface area (Å²) in [6, 6.07) is -0.862. The van der Waals surface area contributed by atoms with Crippen LogP contribution in [0.3, 0.4) is 0 Å². The van der Waals surface area contributed by atoms with Crippen LogP contribution in [-0.4, -0.2) is 54.5 Å². The van der Waals surface area contributed by atoms with Gasteiger partial charge in [0.1, 0.15) is 0 Å². The number of carbonyl (C=O) groups is 2. The molecule has 1 saturated carbocycles. The molecule has 0 spiro atoms. The van der Waals surface area contributed by atoms with Crippen LogP contribution in [0.25, 0.3) is 0 Å². The second-order valence-electron chi connectivity index (χ2n) is 6.31. The van der Waals surface area contributed by atoms with Gasteiger partial charge < -0.3 is 21.9 Å². The van der Waals surface area contributed by atoms with Gasteiger partial charge in [-0.25, -0.2) is 13.2 Å². The molecule has 1 saturated heterocycles. The van der Waals surface area contributed by atoms with Crippen molar-refractivity contribution in [3.63, 3.8) is 0 Å². The fourth-order valence-corrected chi connectivity index (χ4v) is 6.42. The van der Waals surface area contributed by atoms with E-state index in [1.807, 2.05) is 0 Å². The minimum absolute atomic E-state index is 0.261. The first-order chi connectivity index (χ1) is 10.2. The maximum absolute atomic E-state index is 12.2. The molecule has 0 aromatic rings. The van der Waals surface area contributed by atoms with Crippen LogP contribution in [0.5, 0.6) is 0 Å². The molecule has 2 fully saturated rings. The topological polar surface area (TPSA) is 153 Å². The Morgan fingerprint density at radius 1 is 1.41 bits per heavy atom. The summed E-state index contributed by atoms with van der Waals surface area (Å²) in [4.78, 5) is 23.8. The van der Waals surface area contributed by atoms with Gasteiger partial charge in [0.2, 0.25) is 5.91 Å². The number of carboxylic acid groups (broad SMARTS) is 1. The molecule has 1 aliphatic carbocycles. The molecule has 0 aromatic heterocycles. The zero-order valence-electron chi connectivity index (χ0n) is 12.5. The van der Waals surface area contributed by atoms with Crippen molar-refractivity contribution in [1.82, 2.24) is 5.32 Å². The molecule has 0 unspecified atom stereocenters. The van der Waals surface area contributed by atoms with Crippen LogP contribution in [0.4, 0.5) is 0 Å². The molecule has 1 aliphatic heterocycles. The highest BCUT2D eigenvalue weighted by molar-refractivity contribution is 7.92. The predicted molar refractivity (Wildman–Crippen MR) is 79.6 cm³/mol. The standard InChI is InChI=1S/C13H23N3O5S/c1-7-9-10(7)22(20,21)6-13(9,12(18)19)16-11(17)8(15)4-2-3-5-14/h7-10H,2-6,14-15H2,1H3,(H,16,17)(H,18,19)/t7-,8+,9-,10+,13+/m1/s1. The quantitative estimate of drug-likeness (QED) is 0.411. The SMILES string of the molecule is C[C@@H]1[C@@H]2[C@H]1S(=O)(=O)C[C@@]2(NC(=O)[C@@H](N)CCCCN)C(=O)O. The molecule has 126 valence electrons. The van der Waals surface area contributed by atoms with E-state index >= 15 is 0 Å². The number of sulfone groups is 1. The summed E-state index contributed by atoms with van der Waals surface area (Å²) in [6.45, 7) is 2.18. The molecule has 1 amide bonds. The van der Waals surface area contributed by atoms with Gasteiger partial charge in [-0.2, -0.15) is 0 Å². The number of rotatable bonds is 7. The van der Waals surface area contributed by atoms with Crippen LogP contribution < -0.4 is 16.8 Å². The Bertz CT molecular complexity index is 578. The maximum atomic E-state index is 12.2. The third kappa shape index (κ3) is 2.72. The van der Waals surface area contributed by atoms with Crippen molar-refractivity contribution < 1.29 is 23.1 Å². The van der Waals surface area contributed by atoms with Gasteiger partial charge in [0.05, 0.1) is 17.0 Å². The van der Waals surface area contributed by atoms with Crippen molar-refractivity contribution in [1.29, 1.82) is 0 Å². The van der Waals surface area contributed by atoms with E-state index in [0.29, 0.717) is 19.4 Å². The molecule has 8 nitrogen and oxygen atoms in total. The minimum Gasteiger partial charge on any atom is -0.479 e. The summed E-state index contributed by atoms with van der Waals surface area (Å²) in [5, 5.41) is 11.3. The first kappa shape index (κ1) is 17.2. The average molecular weight is 333 g/mol. The summed E-state index contributed by atoms with van der Waals surface area (Å²) in [7, 11) is -3.50. The van der Waals surface area contributed by atoms with Crippen molar-refractivity contribution in [2.45, 2.75) is 43.0 Å². The molecular formula is C13H23N3O5S. The summed E-state index contributed by atoms with van der Waals surface area (Å²) >= 11 is 0. The number of hydrogen-bond acceptors (Lipinski definition) is 6. The van der Waals surface area contributed by atoms with Crippen molar-refractivity contribution >= 4 is 21.7 Å². The monoisotopic (exact) mass is 333 g/mol. The van der Waals surface area contributed by atoms with Gasteiger partial charge in [0.15, 0.2) is 15.4 Å². The van der Waals surface area contributed by atoms with E-state index in [9.17, 15) is 23.1 Å². The van der Waals surface area contributed by atoms with Crippen molar-refractivity contribution in [2.24, 2.45) is 23.3 Å². The van der Waals surface area contributed by atoms with Gasteiger partial charge in [0, 0.05) is 5.92 Å². The smallest absolute Gasteiger partial charge is 0.330 e. The lowest BCUT2D eigenvalue weighted by Crippen LogP contribution is -2.61. The third-order valence-corrected chi connectivity index (χ3v) is 7.15. The number of carbonyl (C=O) groups excluding carboxylic acids is 1. The Morgan fingerprint density at radius 3 is 2.50 bits per heavy atom. The van der Waals surface area contributed by atoms with Crippen molar-refractivity contribution in [3.05, 3.63) is 0 Å². The fraction of sp³-hybridized carbons (Fsp3) is 0.846. The first-order valence-electron chi connectivity index (χ1n) is 7.40. The highest BCUT2D eigenvalue weighted by Crippen LogP contribution is 2.57. The summed E-state index contributed by atoms with van der Waals surface area (Å²) in [5.41, 5.74) is 9.38. The lowest BCUT2D eigenvalue weighted by molar-refractivity contribution is -0.147. The van der Waals surface area contributed by atoms with Gasteiger partial charge in [0.25, 0.3) is 0 Å². The number of fused-ring (bicyclic) bond motifs is 1. The Balaban J connectivity index is 2.11. The van der Waals surface area contributed by atoms with Gasteiger partial charge >= 0.3 is 5.97 Å². The zero-order chi connectivity index (χ0) is 16.7. The Morgan fingerprint density at radius 2 is 2.05 bits per heavy atom. The van der Waals surface area contributed by atoms with E-state index in [-0.39, 0.29) is 5.92 Å². The van der Waals surface area contributed by atoms with Gasteiger partial charge in [-0.05, 0) is 25.3 Å². The van der Waals surface area contributed by atoms with Gasteiger partial charge in [-0.15, -0.1) is 0 Å². The number of amides is 1. The zero-order valence-corrected chi connectivity index (χ0v) is 13.3. The van der Waals surface area contributed by atoms with E-state index in [0.717, 1.165) is 6.42 Å². The van der Waals surface area contributed by atoms with E-state index in [1.54, 1.807) is 6.92 Å². The summed E-state index contributed by atoms with van der Waals surface area (Å²) in [5.74, 6) is -3.32. The molecule has 1 heterocycles.